The van der Waals surface area contributed by atoms with Gasteiger partial charge in [-0.15, -0.1) is 0 Å². The van der Waals surface area contributed by atoms with Gasteiger partial charge < -0.3 is 5.32 Å². The van der Waals surface area contributed by atoms with Crippen molar-refractivity contribution in [3.05, 3.63) is 29.1 Å². The minimum Gasteiger partial charge on any atom is -0.325 e. The third-order valence-corrected chi connectivity index (χ3v) is 2.79. The van der Waals surface area contributed by atoms with E-state index in [1.54, 1.807) is 26.8 Å². The van der Waals surface area contributed by atoms with Crippen LogP contribution < -0.4 is 5.32 Å². The molecule has 1 N–H and O–H groups in total. The van der Waals surface area contributed by atoms with E-state index in [0.29, 0.717) is 5.56 Å². The van der Waals surface area contributed by atoms with Crippen LogP contribution in [0, 0.1) is 12.7 Å². The molecular weight excluding hydrogens is 181 g/mol. The normalized spacial score (nSPS) is 17.9. The lowest BCUT2D eigenvalue weighted by molar-refractivity contribution is -0.119. The molecule has 0 radical (unpaired) electrons. The highest BCUT2D eigenvalue weighted by Gasteiger charge is 2.38. The number of carbonyl (C=O) groups is 1. The van der Waals surface area contributed by atoms with Gasteiger partial charge in [-0.2, -0.15) is 0 Å². The molecule has 0 unspecified atom stereocenters. The Morgan fingerprint density at radius 1 is 1.36 bits per heavy atom. The Balaban J connectivity index is 2.67. The maximum atomic E-state index is 13.3. The van der Waals surface area contributed by atoms with Gasteiger partial charge in [-0.05, 0) is 44.0 Å². The number of benzene rings is 1. The number of carbonyl (C=O) groups excluding carboxylic acids is 1. The van der Waals surface area contributed by atoms with E-state index in [9.17, 15) is 9.18 Å². The smallest absolute Gasteiger partial charge is 0.234 e. The number of nitrogens with one attached hydrogen (secondary N) is 1. The molecule has 2 rings (SSSR count). The average Bonchev–Trinajstić information content (AvgIpc) is 2.28. The number of rotatable bonds is 0. The highest BCUT2D eigenvalue weighted by molar-refractivity contribution is 6.05. The Morgan fingerprint density at radius 2 is 2.00 bits per heavy atom. The van der Waals surface area contributed by atoms with E-state index in [4.69, 9.17) is 0 Å². The van der Waals surface area contributed by atoms with Gasteiger partial charge in [0.05, 0.1) is 5.41 Å². The summed E-state index contributed by atoms with van der Waals surface area (Å²) in [5, 5.41) is 2.75. The van der Waals surface area contributed by atoms with E-state index < -0.39 is 5.41 Å². The number of fused-ring (bicyclic) bond motifs is 1. The van der Waals surface area contributed by atoms with Crippen molar-refractivity contribution in [3.8, 4) is 0 Å². The molecule has 0 saturated carbocycles. The molecule has 74 valence electrons. The van der Waals surface area contributed by atoms with Gasteiger partial charge in [-0.1, -0.05) is 0 Å². The van der Waals surface area contributed by atoms with Crippen LogP contribution >= 0.6 is 0 Å². The number of amides is 1. The molecule has 1 heterocycles. The first-order valence-electron chi connectivity index (χ1n) is 4.55. The number of aryl methyl sites for hydroxylation is 1. The molecule has 14 heavy (non-hydrogen) atoms. The molecule has 1 aliphatic rings. The predicted octanol–water partition coefficient (Wildman–Crippen LogP) is 2.36. The van der Waals surface area contributed by atoms with Crippen molar-refractivity contribution in [2.45, 2.75) is 26.2 Å². The maximum Gasteiger partial charge on any atom is 0.234 e. The van der Waals surface area contributed by atoms with Gasteiger partial charge in [0.15, 0.2) is 0 Å². The van der Waals surface area contributed by atoms with E-state index in [0.717, 1.165) is 11.3 Å². The van der Waals surface area contributed by atoms with Gasteiger partial charge in [0.2, 0.25) is 5.91 Å². The van der Waals surface area contributed by atoms with Crippen molar-refractivity contribution in [2.24, 2.45) is 0 Å². The Hall–Kier alpha value is -1.38. The van der Waals surface area contributed by atoms with E-state index >= 15 is 0 Å². The molecular formula is C11H12FNO. The lowest BCUT2D eigenvalue weighted by atomic mass is 9.86. The topological polar surface area (TPSA) is 29.1 Å². The molecule has 0 atom stereocenters. The molecule has 0 spiro atoms. The second-order valence-corrected chi connectivity index (χ2v) is 4.23. The third kappa shape index (κ3) is 1.05. The first-order chi connectivity index (χ1) is 6.43. The summed E-state index contributed by atoms with van der Waals surface area (Å²) in [6.45, 7) is 5.28. The van der Waals surface area contributed by atoms with Crippen LogP contribution in [0.25, 0.3) is 0 Å². The zero-order chi connectivity index (χ0) is 10.5. The molecule has 0 fully saturated rings. The highest BCUT2D eigenvalue weighted by Crippen LogP contribution is 2.38. The van der Waals surface area contributed by atoms with Crippen molar-refractivity contribution < 1.29 is 9.18 Å². The third-order valence-electron chi connectivity index (χ3n) is 2.79. The average molecular weight is 193 g/mol. The van der Waals surface area contributed by atoms with Crippen LogP contribution in [0.15, 0.2) is 12.1 Å². The minimum absolute atomic E-state index is 0.0718. The SMILES string of the molecule is Cc1cc2c(cc1F)C(C)(C)C(=O)N2. The summed E-state index contributed by atoms with van der Waals surface area (Å²) in [6.07, 6.45) is 0. The fourth-order valence-electron chi connectivity index (χ4n) is 1.70. The second-order valence-electron chi connectivity index (χ2n) is 4.23. The van der Waals surface area contributed by atoms with Gasteiger partial charge in [0, 0.05) is 5.69 Å². The van der Waals surface area contributed by atoms with E-state index in [1.807, 2.05) is 0 Å². The fourth-order valence-corrected chi connectivity index (χ4v) is 1.70. The largest absolute Gasteiger partial charge is 0.325 e. The van der Waals surface area contributed by atoms with Crippen LogP contribution in [-0.4, -0.2) is 5.91 Å². The molecule has 1 amide bonds. The summed E-state index contributed by atoms with van der Waals surface area (Å²) in [6, 6.07) is 3.12. The molecule has 0 bridgehead atoms. The number of anilines is 1. The van der Waals surface area contributed by atoms with Crippen molar-refractivity contribution in [1.82, 2.24) is 0 Å². The van der Waals surface area contributed by atoms with Gasteiger partial charge in [0.25, 0.3) is 0 Å². The molecule has 3 heteroatoms. The van der Waals surface area contributed by atoms with E-state index in [1.165, 1.54) is 6.07 Å². The Kier molecular flexibility index (Phi) is 1.68. The number of halogens is 1. The predicted molar refractivity (Wildman–Crippen MR) is 52.8 cm³/mol. The number of hydrogen-bond donors (Lipinski definition) is 1. The maximum absolute atomic E-state index is 13.3. The first kappa shape index (κ1) is 9.19. The van der Waals surface area contributed by atoms with Crippen LogP contribution in [0.3, 0.4) is 0 Å². The van der Waals surface area contributed by atoms with Crippen molar-refractivity contribution in [3.63, 3.8) is 0 Å². The summed E-state index contributed by atoms with van der Waals surface area (Å²) in [5.41, 5.74) is 1.41. The van der Waals surface area contributed by atoms with Gasteiger partial charge in [-0.3, -0.25) is 4.79 Å². The molecule has 2 nitrogen and oxygen atoms in total. The molecule has 1 aliphatic heterocycles. The van der Waals surface area contributed by atoms with Crippen LogP contribution in [0.1, 0.15) is 25.0 Å². The Labute approximate surface area is 82.1 Å². The van der Waals surface area contributed by atoms with Crippen molar-refractivity contribution >= 4 is 11.6 Å². The molecule has 0 saturated heterocycles. The quantitative estimate of drug-likeness (QED) is 0.673. The van der Waals surface area contributed by atoms with Crippen LogP contribution in [-0.2, 0) is 10.2 Å². The monoisotopic (exact) mass is 193 g/mol. The van der Waals surface area contributed by atoms with E-state index in [2.05, 4.69) is 5.32 Å². The van der Waals surface area contributed by atoms with Gasteiger partial charge in [0.1, 0.15) is 5.82 Å². The summed E-state index contributed by atoms with van der Waals surface area (Å²) < 4.78 is 13.3. The summed E-state index contributed by atoms with van der Waals surface area (Å²) >= 11 is 0. The summed E-state index contributed by atoms with van der Waals surface area (Å²) in [4.78, 5) is 11.5. The minimum atomic E-state index is -0.621. The lowest BCUT2D eigenvalue weighted by Crippen LogP contribution is -2.26. The number of hydrogen-bond acceptors (Lipinski definition) is 1. The van der Waals surface area contributed by atoms with Gasteiger partial charge >= 0.3 is 0 Å². The molecule has 0 aliphatic carbocycles. The highest BCUT2D eigenvalue weighted by atomic mass is 19.1. The summed E-state index contributed by atoms with van der Waals surface area (Å²) in [7, 11) is 0. The fraction of sp³-hybridized carbons (Fsp3) is 0.364. The zero-order valence-electron chi connectivity index (χ0n) is 8.44. The van der Waals surface area contributed by atoms with Crippen LogP contribution in [0.5, 0.6) is 0 Å². The summed E-state index contributed by atoms with van der Waals surface area (Å²) in [5.74, 6) is -0.328. The van der Waals surface area contributed by atoms with Gasteiger partial charge in [-0.25, -0.2) is 4.39 Å². The van der Waals surface area contributed by atoms with Crippen LogP contribution in [0.4, 0.5) is 10.1 Å². The molecule has 1 aromatic rings. The van der Waals surface area contributed by atoms with Crippen molar-refractivity contribution in [1.29, 1.82) is 0 Å². The standard InChI is InChI=1S/C11H12FNO/c1-6-4-9-7(5-8(6)12)11(2,3)10(14)13-9/h4-5H,1-3H3,(H,13,14). The molecule has 0 aromatic heterocycles. The molecule has 1 aromatic carbocycles. The van der Waals surface area contributed by atoms with E-state index in [-0.39, 0.29) is 11.7 Å². The van der Waals surface area contributed by atoms with Crippen LogP contribution in [0.2, 0.25) is 0 Å². The Bertz CT molecular complexity index is 424. The Morgan fingerprint density at radius 3 is 2.64 bits per heavy atom. The zero-order valence-corrected chi connectivity index (χ0v) is 8.44. The lowest BCUT2D eigenvalue weighted by Gasteiger charge is -2.14. The second kappa shape index (κ2) is 2.56. The van der Waals surface area contributed by atoms with Crippen molar-refractivity contribution in [2.75, 3.05) is 5.32 Å². The first-order valence-corrected chi connectivity index (χ1v) is 4.55.